The molecule has 0 spiro atoms. The Labute approximate surface area is 126 Å². The van der Waals surface area contributed by atoms with Crippen molar-refractivity contribution in [3.63, 3.8) is 0 Å². The van der Waals surface area contributed by atoms with E-state index in [0.717, 1.165) is 18.8 Å². The van der Waals surface area contributed by atoms with E-state index < -0.39 is 0 Å². The van der Waals surface area contributed by atoms with Gasteiger partial charge in [0.15, 0.2) is 0 Å². The summed E-state index contributed by atoms with van der Waals surface area (Å²) in [5.41, 5.74) is 5.50. The van der Waals surface area contributed by atoms with Crippen LogP contribution in [0.1, 0.15) is 29.2 Å². The summed E-state index contributed by atoms with van der Waals surface area (Å²) in [7, 11) is 0. The van der Waals surface area contributed by atoms with Crippen molar-refractivity contribution >= 4 is 11.8 Å². The predicted octanol–water partition coefficient (Wildman–Crippen LogP) is 4.71. The molecule has 0 aliphatic rings. The molecule has 0 radical (unpaired) electrons. The van der Waals surface area contributed by atoms with E-state index >= 15 is 0 Å². The standard InChI is InChI=1S/C18H23NS/c1-4-19-12-16-6-5-7-18(11-16)20-13-17-9-8-14(2)15(3)10-17/h5-11,19H,4,12-13H2,1-3H3. The summed E-state index contributed by atoms with van der Waals surface area (Å²) in [5, 5.41) is 3.37. The molecule has 2 aromatic carbocycles. The summed E-state index contributed by atoms with van der Waals surface area (Å²) in [4.78, 5) is 1.35. The quantitative estimate of drug-likeness (QED) is 0.772. The molecule has 0 atom stereocenters. The van der Waals surface area contributed by atoms with E-state index in [0.29, 0.717) is 0 Å². The number of hydrogen-bond acceptors (Lipinski definition) is 2. The lowest BCUT2D eigenvalue weighted by atomic mass is 10.1. The second kappa shape index (κ2) is 7.51. The van der Waals surface area contributed by atoms with Gasteiger partial charge < -0.3 is 5.32 Å². The lowest BCUT2D eigenvalue weighted by Crippen LogP contribution is -2.11. The summed E-state index contributed by atoms with van der Waals surface area (Å²) in [6.45, 7) is 8.45. The van der Waals surface area contributed by atoms with Crippen LogP contribution in [0.25, 0.3) is 0 Å². The molecule has 0 amide bonds. The number of aryl methyl sites for hydroxylation is 2. The van der Waals surface area contributed by atoms with Gasteiger partial charge in [-0.1, -0.05) is 37.3 Å². The summed E-state index contributed by atoms with van der Waals surface area (Å²) >= 11 is 1.91. The van der Waals surface area contributed by atoms with Crippen LogP contribution in [0.2, 0.25) is 0 Å². The molecule has 0 bridgehead atoms. The molecular formula is C18H23NS. The Kier molecular flexibility index (Phi) is 5.69. The Hall–Kier alpha value is -1.25. The largest absolute Gasteiger partial charge is 0.313 e. The maximum absolute atomic E-state index is 3.37. The Morgan fingerprint density at radius 3 is 2.55 bits per heavy atom. The van der Waals surface area contributed by atoms with E-state index in [1.54, 1.807) is 0 Å². The van der Waals surface area contributed by atoms with Crippen molar-refractivity contribution in [3.8, 4) is 0 Å². The summed E-state index contributed by atoms with van der Waals surface area (Å²) < 4.78 is 0. The predicted molar refractivity (Wildman–Crippen MR) is 89.3 cm³/mol. The highest BCUT2D eigenvalue weighted by molar-refractivity contribution is 7.98. The molecular weight excluding hydrogens is 262 g/mol. The van der Waals surface area contributed by atoms with Gasteiger partial charge in [-0.3, -0.25) is 0 Å². The van der Waals surface area contributed by atoms with E-state index in [1.807, 2.05) is 11.8 Å². The van der Waals surface area contributed by atoms with Gasteiger partial charge in [0.25, 0.3) is 0 Å². The third-order valence-electron chi connectivity index (χ3n) is 3.45. The first-order valence-electron chi connectivity index (χ1n) is 7.17. The van der Waals surface area contributed by atoms with Crippen LogP contribution < -0.4 is 5.32 Å². The van der Waals surface area contributed by atoms with Crippen molar-refractivity contribution in [2.24, 2.45) is 0 Å². The van der Waals surface area contributed by atoms with Gasteiger partial charge in [0.05, 0.1) is 0 Å². The number of benzene rings is 2. The number of hydrogen-bond donors (Lipinski definition) is 1. The smallest absolute Gasteiger partial charge is 0.0232 e. The van der Waals surface area contributed by atoms with Crippen LogP contribution in [0.3, 0.4) is 0 Å². The molecule has 0 unspecified atom stereocenters. The fourth-order valence-electron chi connectivity index (χ4n) is 2.07. The topological polar surface area (TPSA) is 12.0 Å². The molecule has 0 aliphatic carbocycles. The Bertz CT molecular complexity index is 563. The fourth-order valence-corrected chi connectivity index (χ4v) is 3.00. The zero-order valence-electron chi connectivity index (χ0n) is 12.6. The minimum absolute atomic E-state index is 0.953. The van der Waals surface area contributed by atoms with Crippen LogP contribution in [0.4, 0.5) is 0 Å². The first-order valence-corrected chi connectivity index (χ1v) is 8.16. The molecule has 2 aromatic rings. The van der Waals surface area contributed by atoms with Crippen molar-refractivity contribution in [2.75, 3.05) is 6.54 Å². The molecule has 0 fully saturated rings. The van der Waals surface area contributed by atoms with Crippen molar-refractivity contribution in [3.05, 3.63) is 64.7 Å². The van der Waals surface area contributed by atoms with E-state index in [9.17, 15) is 0 Å². The molecule has 0 saturated heterocycles. The lowest BCUT2D eigenvalue weighted by molar-refractivity contribution is 0.725. The Balaban J connectivity index is 1.97. The molecule has 0 aromatic heterocycles. The number of rotatable bonds is 6. The first-order chi connectivity index (χ1) is 9.69. The number of thioether (sulfide) groups is 1. The first kappa shape index (κ1) is 15.1. The average Bonchev–Trinajstić information content (AvgIpc) is 2.47. The highest BCUT2D eigenvalue weighted by Crippen LogP contribution is 2.24. The third-order valence-corrected chi connectivity index (χ3v) is 4.52. The molecule has 0 aliphatic heterocycles. The van der Waals surface area contributed by atoms with Gasteiger partial charge in [0, 0.05) is 17.2 Å². The maximum atomic E-state index is 3.37. The van der Waals surface area contributed by atoms with E-state index in [4.69, 9.17) is 0 Å². The molecule has 1 nitrogen and oxygen atoms in total. The van der Waals surface area contributed by atoms with E-state index in [2.05, 4.69) is 68.6 Å². The second-order valence-corrected chi connectivity index (χ2v) is 6.18. The second-order valence-electron chi connectivity index (χ2n) is 5.14. The zero-order valence-corrected chi connectivity index (χ0v) is 13.4. The molecule has 1 N–H and O–H groups in total. The highest BCUT2D eigenvalue weighted by atomic mass is 32.2. The van der Waals surface area contributed by atoms with Gasteiger partial charge in [-0.25, -0.2) is 0 Å². The maximum Gasteiger partial charge on any atom is 0.0232 e. The van der Waals surface area contributed by atoms with Crippen LogP contribution in [0.5, 0.6) is 0 Å². The summed E-state index contributed by atoms with van der Waals surface area (Å²) in [5.74, 6) is 1.03. The Morgan fingerprint density at radius 1 is 0.950 bits per heavy atom. The van der Waals surface area contributed by atoms with E-state index in [-0.39, 0.29) is 0 Å². The summed E-state index contributed by atoms with van der Waals surface area (Å²) in [6, 6.07) is 15.6. The SMILES string of the molecule is CCNCc1cccc(SCc2ccc(C)c(C)c2)c1. The number of nitrogens with one attached hydrogen (secondary N) is 1. The van der Waals surface area contributed by atoms with Crippen LogP contribution in [-0.2, 0) is 12.3 Å². The van der Waals surface area contributed by atoms with Crippen molar-refractivity contribution in [1.29, 1.82) is 0 Å². The molecule has 0 heterocycles. The molecule has 2 rings (SSSR count). The molecule has 20 heavy (non-hydrogen) atoms. The van der Waals surface area contributed by atoms with Crippen LogP contribution in [0.15, 0.2) is 47.4 Å². The van der Waals surface area contributed by atoms with Crippen molar-refractivity contribution in [1.82, 2.24) is 5.32 Å². The summed E-state index contributed by atoms with van der Waals surface area (Å²) in [6.07, 6.45) is 0. The highest BCUT2D eigenvalue weighted by Gasteiger charge is 2.00. The van der Waals surface area contributed by atoms with Crippen LogP contribution >= 0.6 is 11.8 Å². The fraction of sp³-hybridized carbons (Fsp3) is 0.333. The lowest BCUT2D eigenvalue weighted by Gasteiger charge is -2.07. The van der Waals surface area contributed by atoms with Crippen molar-refractivity contribution < 1.29 is 0 Å². The minimum atomic E-state index is 0.953. The normalized spacial score (nSPS) is 10.8. The van der Waals surface area contributed by atoms with Gasteiger partial charge in [0.2, 0.25) is 0 Å². The van der Waals surface area contributed by atoms with Crippen LogP contribution in [0, 0.1) is 13.8 Å². The minimum Gasteiger partial charge on any atom is -0.313 e. The molecule has 106 valence electrons. The van der Waals surface area contributed by atoms with Gasteiger partial charge in [-0.2, -0.15) is 0 Å². The van der Waals surface area contributed by atoms with E-state index in [1.165, 1.54) is 27.1 Å². The third kappa shape index (κ3) is 4.39. The monoisotopic (exact) mass is 285 g/mol. The van der Waals surface area contributed by atoms with Gasteiger partial charge >= 0.3 is 0 Å². The zero-order chi connectivity index (χ0) is 14.4. The molecule has 2 heteroatoms. The molecule has 0 saturated carbocycles. The van der Waals surface area contributed by atoms with Gasteiger partial charge in [-0.15, -0.1) is 11.8 Å². The average molecular weight is 285 g/mol. The van der Waals surface area contributed by atoms with Gasteiger partial charge in [0.1, 0.15) is 0 Å². The van der Waals surface area contributed by atoms with Crippen molar-refractivity contribution in [2.45, 2.75) is 38.0 Å². The van der Waals surface area contributed by atoms with Crippen LogP contribution in [-0.4, -0.2) is 6.54 Å². The Morgan fingerprint density at radius 2 is 1.80 bits per heavy atom. The van der Waals surface area contributed by atoms with Gasteiger partial charge in [-0.05, 0) is 54.8 Å².